The average molecular weight is 497 g/mol. The molecule has 0 aliphatic carbocycles. The van der Waals surface area contributed by atoms with E-state index in [9.17, 15) is 19.2 Å². The molecular formula is C25H28N4O7. The second-order valence-corrected chi connectivity index (χ2v) is 8.69. The Morgan fingerprint density at radius 2 is 1.83 bits per heavy atom. The molecule has 2 heterocycles. The van der Waals surface area contributed by atoms with E-state index in [1.807, 2.05) is 13.0 Å². The van der Waals surface area contributed by atoms with Crippen LogP contribution in [-0.4, -0.2) is 62.1 Å². The number of hydrogen-bond donors (Lipinski definition) is 3. The zero-order chi connectivity index (χ0) is 25.9. The van der Waals surface area contributed by atoms with Crippen LogP contribution < -0.4 is 30.2 Å². The first kappa shape index (κ1) is 24.8. The van der Waals surface area contributed by atoms with Gasteiger partial charge in [0.15, 0.2) is 11.5 Å². The average Bonchev–Trinajstić information content (AvgIpc) is 3.01. The van der Waals surface area contributed by atoms with E-state index in [-0.39, 0.29) is 6.54 Å². The van der Waals surface area contributed by atoms with E-state index in [1.54, 1.807) is 37.3 Å². The summed E-state index contributed by atoms with van der Waals surface area (Å²) in [6.07, 6.45) is 0.733. The molecule has 190 valence electrons. The Hall–Kier alpha value is -4.28. The van der Waals surface area contributed by atoms with Crippen LogP contribution in [0.15, 0.2) is 36.4 Å². The number of carbonyl (C=O) groups is 4. The molecular weight excluding hydrogens is 468 g/mol. The van der Waals surface area contributed by atoms with Crippen molar-refractivity contribution >= 4 is 29.4 Å². The molecule has 2 aromatic carbocycles. The van der Waals surface area contributed by atoms with Crippen LogP contribution in [0.25, 0.3) is 0 Å². The summed E-state index contributed by atoms with van der Waals surface area (Å²) in [5, 5.41) is 7.77. The fraction of sp³-hybridized carbons (Fsp3) is 0.360. The predicted octanol–water partition coefficient (Wildman–Crippen LogP) is 1.69. The van der Waals surface area contributed by atoms with Gasteiger partial charge in [-0.15, -0.1) is 0 Å². The lowest BCUT2D eigenvalue weighted by Crippen LogP contribution is -2.44. The lowest BCUT2D eigenvalue weighted by atomic mass is 9.91. The minimum absolute atomic E-state index is 0.348. The van der Waals surface area contributed by atoms with Crippen molar-refractivity contribution < 1.29 is 33.4 Å². The summed E-state index contributed by atoms with van der Waals surface area (Å²) in [6, 6.07) is 9.63. The number of hydrogen-bond acceptors (Lipinski definition) is 7. The molecule has 11 heteroatoms. The van der Waals surface area contributed by atoms with Crippen molar-refractivity contribution in [1.29, 1.82) is 0 Å². The maximum absolute atomic E-state index is 13.2. The van der Waals surface area contributed by atoms with Crippen molar-refractivity contribution in [2.75, 3.05) is 38.7 Å². The summed E-state index contributed by atoms with van der Waals surface area (Å²) >= 11 is 0. The van der Waals surface area contributed by atoms with Gasteiger partial charge in [0, 0.05) is 6.42 Å². The minimum Gasteiger partial charge on any atom is -0.495 e. The highest BCUT2D eigenvalue weighted by Gasteiger charge is 2.49. The summed E-state index contributed by atoms with van der Waals surface area (Å²) in [4.78, 5) is 51.4. The lowest BCUT2D eigenvalue weighted by molar-refractivity contribution is -0.135. The molecule has 0 bridgehead atoms. The van der Waals surface area contributed by atoms with Gasteiger partial charge in [0.05, 0.1) is 32.6 Å². The molecule has 0 spiro atoms. The maximum Gasteiger partial charge on any atom is 0.325 e. The second kappa shape index (κ2) is 10.1. The SMILES string of the molecule is COc1ccc(C)cc1NC(=O)CNC(=O)CN1C(=O)N[C@@](C)(c2ccc3c(c2)OCCCO3)C1=O. The van der Waals surface area contributed by atoms with Gasteiger partial charge in [-0.25, -0.2) is 4.79 Å². The summed E-state index contributed by atoms with van der Waals surface area (Å²) in [5.41, 5.74) is 0.503. The van der Waals surface area contributed by atoms with Gasteiger partial charge in [-0.2, -0.15) is 0 Å². The zero-order valence-electron chi connectivity index (χ0n) is 20.3. The van der Waals surface area contributed by atoms with Gasteiger partial charge < -0.3 is 30.2 Å². The standard InChI is InChI=1S/C25H28N4O7/c1-15-5-7-18(34-3)17(11-15)27-21(30)13-26-22(31)14-29-23(32)25(2,28-24(29)33)16-6-8-19-20(12-16)36-10-4-9-35-19/h5-8,11-12H,4,9-10,13-14H2,1-3H3,(H,26,31)(H,27,30)(H,28,33)/t25-/m0/s1. The molecule has 5 amide bonds. The smallest absolute Gasteiger partial charge is 0.325 e. The number of aryl methyl sites for hydroxylation is 1. The van der Waals surface area contributed by atoms with Crippen LogP contribution in [0, 0.1) is 6.92 Å². The predicted molar refractivity (Wildman–Crippen MR) is 129 cm³/mol. The zero-order valence-corrected chi connectivity index (χ0v) is 20.3. The molecule has 1 saturated heterocycles. The Balaban J connectivity index is 1.37. The van der Waals surface area contributed by atoms with E-state index in [1.165, 1.54) is 7.11 Å². The monoisotopic (exact) mass is 496 g/mol. The Bertz CT molecular complexity index is 1210. The first-order chi connectivity index (χ1) is 17.2. The Morgan fingerprint density at radius 3 is 2.58 bits per heavy atom. The number of anilines is 1. The van der Waals surface area contributed by atoms with Crippen LogP contribution in [0.2, 0.25) is 0 Å². The van der Waals surface area contributed by atoms with Crippen LogP contribution in [-0.2, 0) is 19.9 Å². The molecule has 11 nitrogen and oxygen atoms in total. The van der Waals surface area contributed by atoms with Crippen molar-refractivity contribution in [2.45, 2.75) is 25.8 Å². The summed E-state index contributed by atoms with van der Waals surface area (Å²) in [7, 11) is 1.49. The molecule has 36 heavy (non-hydrogen) atoms. The highest BCUT2D eigenvalue weighted by Crippen LogP contribution is 2.36. The summed E-state index contributed by atoms with van der Waals surface area (Å²) in [5.74, 6) is -0.205. The summed E-state index contributed by atoms with van der Waals surface area (Å²) in [6.45, 7) is 3.55. The molecule has 3 N–H and O–H groups in total. The van der Waals surface area contributed by atoms with E-state index in [0.717, 1.165) is 16.9 Å². The highest BCUT2D eigenvalue weighted by atomic mass is 16.5. The van der Waals surface area contributed by atoms with Crippen LogP contribution in [0.1, 0.15) is 24.5 Å². The van der Waals surface area contributed by atoms with E-state index < -0.39 is 35.8 Å². The number of benzene rings is 2. The first-order valence-corrected chi connectivity index (χ1v) is 11.5. The van der Waals surface area contributed by atoms with Gasteiger partial charge in [-0.3, -0.25) is 19.3 Å². The van der Waals surface area contributed by atoms with E-state index in [4.69, 9.17) is 14.2 Å². The number of fused-ring (bicyclic) bond motifs is 1. The molecule has 0 aromatic heterocycles. The third kappa shape index (κ3) is 5.04. The number of methoxy groups -OCH3 is 1. The van der Waals surface area contributed by atoms with Gasteiger partial charge in [-0.1, -0.05) is 12.1 Å². The second-order valence-electron chi connectivity index (χ2n) is 8.69. The van der Waals surface area contributed by atoms with E-state index >= 15 is 0 Å². The molecule has 2 aliphatic rings. The molecule has 1 atom stereocenters. The van der Waals surface area contributed by atoms with Gasteiger partial charge in [0.1, 0.15) is 17.8 Å². The van der Waals surface area contributed by atoms with E-state index in [0.29, 0.717) is 41.7 Å². The molecule has 4 rings (SSSR count). The Labute approximate surface area is 208 Å². The molecule has 1 fully saturated rings. The molecule has 0 saturated carbocycles. The van der Waals surface area contributed by atoms with Crippen molar-refractivity contribution in [3.05, 3.63) is 47.5 Å². The number of rotatable bonds is 7. The Morgan fingerprint density at radius 1 is 1.08 bits per heavy atom. The third-order valence-electron chi connectivity index (χ3n) is 5.98. The number of nitrogens with zero attached hydrogens (tertiary/aromatic N) is 1. The van der Waals surface area contributed by atoms with Gasteiger partial charge in [-0.05, 0) is 49.2 Å². The molecule has 0 radical (unpaired) electrons. The highest BCUT2D eigenvalue weighted by molar-refractivity contribution is 6.09. The number of nitrogens with one attached hydrogen (secondary N) is 3. The van der Waals surface area contributed by atoms with Gasteiger partial charge >= 0.3 is 6.03 Å². The van der Waals surface area contributed by atoms with Gasteiger partial charge in [0.2, 0.25) is 11.8 Å². The third-order valence-corrected chi connectivity index (χ3v) is 5.98. The maximum atomic E-state index is 13.2. The fourth-order valence-corrected chi connectivity index (χ4v) is 4.00. The van der Waals surface area contributed by atoms with Crippen LogP contribution >= 0.6 is 0 Å². The van der Waals surface area contributed by atoms with Crippen molar-refractivity contribution in [3.63, 3.8) is 0 Å². The molecule has 2 aliphatic heterocycles. The summed E-state index contributed by atoms with van der Waals surface area (Å²) < 4.78 is 16.5. The van der Waals surface area contributed by atoms with Crippen molar-refractivity contribution in [2.24, 2.45) is 0 Å². The number of amides is 5. The first-order valence-electron chi connectivity index (χ1n) is 11.5. The number of ether oxygens (including phenoxy) is 3. The topological polar surface area (TPSA) is 135 Å². The quantitative estimate of drug-likeness (QED) is 0.497. The molecule has 2 aromatic rings. The normalized spacial score (nSPS) is 18.8. The van der Waals surface area contributed by atoms with Gasteiger partial charge in [0.25, 0.3) is 5.91 Å². The van der Waals surface area contributed by atoms with Crippen LogP contribution in [0.5, 0.6) is 17.2 Å². The lowest BCUT2D eigenvalue weighted by Gasteiger charge is -2.23. The van der Waals surface area contributed by atoms with Crippen molar-refractivity contribution in [3.8, 4) is 17.2 Å². The number of imide groups is 1. The largest absolute Gasteiger partial charge is 0.495 e. The number of carbonyl (C=O) groups excluding carboxylic acids is 4. The van der Waals surface area contributed by atoms with Crippen LogP contribution in [0.3, 0.4) is 0 Å². The number of urea groups is 1. The van der Waals surface area contributed by atoms with Crippen molar-refractivity contribution in [1.82, 2.24) is 15.5 Å². The Kier molecular flexibility index (Phi) is 7.00. The van der Waals surface area contributed by atoms with Crippen LogP contribution in [0.4, 0.5) is 10.5 Å². The minimum atomic E-state index is -1.39. The molecule has 0 unspecified atom stereocenters. The van der Waals surface area contributed by atoms with E-state index in [2.05, 4.69) is 16.0 Å². The fourth-order valence-electron chi connectivity index (χ4n) is 4.00.